The molecule has 2 aliphatic rings. The highest BCUT2D eigenvalue weighted by Gasteiger charge is 2.32. The molecule has 0 aliphatic carbocycles. The van der Waals surface area contributed by atoms with Gasteiger partial charge < -0.3 is 24.8 Å². The van der Waals surface area contributed by atoms with Crippen molar-refractivity contribution in [1.82, 2.24) is 14.7 Å². The molecule has 0 bridgehead atoms. The summed E-state index contributed by atoms with van der Waals surface area (Å²) in [6.45, 7) is 8.35. The number of alkyl halides is 3. The molecule has 2 N–H and O–H groups in total. The van der Waals surface area contributed by atoms with Crippen molar-refractivity contribution in [2.75, 3.05) is 64.9 Å². The van der Waals surface area contributed by atoms with Crippen LogP contribution in [-0.4, -0.2) is 103 Å². The molecule has 0 saturated carbocycles. The van der Waals surface area contributed by atoms with Crippen LogP contribution in [0.2, 0.25) is 0 Å². The highest BCUT2D eigenvalue weighted by molar-refractivity contribution is 5.91. The highest BCUT2D eigenvalue weighted by atomic mass is 19.4. The van der Waals surface area contributed by atoms with E-state index >= 15 is 0 Å². The van der Waals surface area contributed by atoms with Crippen molar-refractivity contribution in [3.8, 4) is 5.75 Å². The summed E-state index contributed by atoms with van der Waals surface area (Å²) in [5, 5.41) is 12.8. The van der Waals surface area contributed by atoms with Gasteiger partial charge >= 0.3 is 6.18 Å². The van der Waals surface area contributed by atoms with Crippen LogP contribution in [-0.2, 0) is 33.5 Å². The molecular formula is C32H43F3N4O5. The zero-order chi connectivity index (χ0) is 31.9. The van der Waals surface area contributed by atoms with Crippen LogP contribution in [0.1, 0.15) is 37.0 Å². The minimum Gasteiger partial charge on any atom is -0.488 e. The number of hydrogen-bond donors (Lipinski definition) is 2. The molecule has 0 aromatic heterocycles. The van der Waals surface area contributed by atoms with Gasteiger partial charge in [-0.2, -0.15) is 13.2 Å². The van der Waals surface area contributed by atoms with Crippen LogP contribution in [0, 0.1) is 5.92 Å². The molecule has 0 spiro atoms. The molecule has 3 atom stereocenters. The number of nitrogens with one attached hydrogen (secondary N) is 1. The second-order valence-electron chi connectivity index (χ2n) is 11.9. The average molecular weight is 621 g/mol. The average Bonchev–Trinajstić information content (AvgIpc) is 3.03. The Kier molecular flexibility index (Phi) is 11.6. The monoisotopic (exact) mass is 620 g/mol. The molecule has 2 aliphatic heterocycles. The number of fused-ring (bicyclic) bond motifs is 1. The standard InChI is InChI=1S/C32H43F3N4O5/c1-22-18-39(23(2)21-40)31(42)17-25-16-27(36-30(41)10-11-38-12-14-43-15-13-38)8-9-28(25)44-29(22)20-37(3)19-24-4-6-26(7-5-24)32(33,34)35/h4-9,16,22-23,29,40H,10-15,17-21H2,1-3H3,(H,36,41)/t22-,23-,29+/m1/s1. The maximum Gasteiger partial charge on any atom is 0.416 e. The van der Waals surface area contributed by atoms with Crippen molar-refractivity contribution in [1.29, 1.82) is 0 Å². The molecule has 44 heavy (non-hydrogen) atoms. The van der Waals surface area contributed by atoms with E-state index in [1.807, 2.05) is 18.9 Å². The number of aliphatic hydroxyl groups excluding tert-OH is 1. The van der Waals surface area contributed by atoms with Gasteiger partial charge in [-0.1, -0.05) is 19.1 Å². The number of aliphatic hydroxyl groups is 1. The van der Waals surface area contributed by atoms with Crippen LogP contribution in [0.4, 0.5) is 18.9 Å². The van der Waals surface area contributed by atoms with E-state index in [4.69, 9.17) is 9.47 Å². The zero-order valence-corrected chi connectivity index (χ0v) is 25.6. The lowest BCUT2D eigenvalue weighted by atomic mass is 10.0. The Morgan fingerprint density at radius 3 is 2.52 bits per heavy atom. The largest absolute Gasteiger partial charge is 0.488 e. The molecule has 1 fully saturated rings. The van der Waals surface area contributed by atoms with Gasteiger partial charge in [-0.05, 0) is 49.9 Å². The number of carbonyl (C=O) groups excluding carboxylic acids is 2. The van der Waals surface area contributed by atoms with Crippen molar-refractivity contribution in [2.24, 2.45) is 5.92 Å². The number of amides is 2. The molecule has 4 rings (SSSR count). The van der Waals surface area contributed by atoms with Crippen molar-refractivity contribution < 1.29 is 37.3 Å². The van der Waals surface area contributed by atoms with E-state index in [-0.39, 0.29) is 36.9 Å². The van der Waals surface area contributed by atoms with Gasteiger partial charge in [-0.15, -0.1) is 0 Å². The molecule has 242 valence electrons. The summed E-state index contributed by atoms with van der Waals surface area (Å²) in [6.07, 6.45) is -4.39. The van der Waals surface area contributed by atoms with Gasteiger partial charge in [0.1, 0.15) is 11.9 Å². The fourth-order valence-electron chi connectivity index (χ4n) is 5.52. The molecule has 2 aromatic carbocycles. The van der Waals surface area contributed by atoms with E-state index in [9.17, 15) is 27.9 Å². The molecular weight excluding hydrogens is 577 g/mol. The number of benzene rings is 2. The number of rotatable bonds is 10. The van der Waals surface area contributed by atoms with Gasteiger partial charge in [0.05, 0.1) is 37.8 Å². The molecule has 2 heterocycles. The second-order valence-corrected chi connectivity index (χ2v) is 11.9. The van der Waals surface area contributed by atoms with E-state index in [1.54, 1.807) is 30.0 Å². The van der Waals surface area contributed by atoms with Gasteiger partial charge in [0.25, 0.3) is 0 Å². The summed E-state index contributed by atoms with van der Waals surface area (Å²) < 4.78 is 50.9. The molecule has 2 amide bonds. The predicted octanol–water partition coefficient (Wildman–Crippen LogP) is 3.65. The number of ether oxygens (including phenoxy) is 2. The number of nitrogens with zero attached hydrogens (tertiary/aromatic N) is 3. The SMILES string of the molecule is C[C@@H]1CN([C@H](C)CO)C(=O)Cc2cc(NC(=O)CCN3CCOCC3)ccc2O[C@H]1CN(C)Cc1ccc(C(F)(F)F)cc1. The maximum absolute atomic E-state index is 13.5. The Hall–Kier alpha value is -3.19. The van der Waals surface area contributed by atoms with E-state index in [0.717, 1.165) is 30.8 Å². The lowest BCUT2D eigenvalue weighted by molar-refractivity contribution is -0.137. The third-order valence-corrected chi connectivity index (χ3v) is 8.18. The summed E-state index contributed by atoms with van der Waals surface area (Å²) in [5.74, 6) is 0.118. The minimum atomic E-state index is -4.39. The molecule has 0 unspecified atom stereocenters. The van der Waals surface area contributed by atoms with E-state index < -0.39 is 17.8 Å². The Balaban J connectivity index is 1.49. The van der Waals surface area contributed by atoms with Gasteiger partial charge in [0.2, 0.25) is 11.8 Å². The van der Waals surface area contributed by atoms with E-state index in [0.29, 0.717) is 62.8 Å². The van der Waals surface area contributed by atoms with Crippen LogP contribution < -0.4 is 10.1 Å². The van der Waals surface area contributed by atoms with Crippen LogP contribution in [0.3, 0.4) is 0 Å². The minimum absolute atomic E-state index is 0.0397. The summed E-state index contributed by atoms with van der Waals surface area (Å²) in [5.41, 5.74) is 1.23. The first-order chi connectivity index (χ1) is 20.9. The van der Waals surface area contributed by atoms with Gasteiger partial charge in [-0.25, -0.2) is 0 Å². The first-order valence-electron chi connectivity index (χ1n) is 15.1. The highest BCUT2D eigenvalue weighted by Crippen LogP contribution is 2.31. The molecule has 12 heteroatoms. The first-order valence-corrected chi connectivity index (χ1v) is 15.1. The van der Waals surface area contributed by atoms with Gasteiger partial charge in [0, 0.05) is 62.9 Å². The summed E-state index contributed by atoms with van der Waals surface area (Å²) >= 11 is 0. The predicted molar refractivity (Wildman–Crippen MR) is 160 cm³/mol. The van der Waals surface area contributed by atoms with Gasteiger partial charge in [0.15, 0.2) is 0 Å². The Labute approximate surface area is 256 Å². The number of halogens is 3. The van der Waals surface area contributed by atoms with Crippen molar-refractivity contribution in [3.63, 3.8) is 0 Å². The summed E-state index contributed by atoms with van der Waals surface area (Å²) in [7, 11) is 1.87. The summed E-state index contributed by atoms with van der Waals surface area (Å²) in [6, 6.07) is 10.00. The number of carbonyl (C=O) groups is 2. The Bertz CT molecular complexity index is 1250. The number of likely N-dealkylation sites (N-methyl/N-ethyl adjacent to an activating group) is 1. The van der Waals surface area contributed by atoms with Crippen molar-refractivity contribution >= 4 is 17.5 Å². The topological polar surface area (TPSA) is 94.6 Å². The van der Waals surface area contributed by atoms with E-state index in [1.165, 1.54) is 12.1 Å². The number of morpholine rings is 1. The second kappa shape index (κ2) is 15.2. The molecule has 1 saturated heterocycles. The van der Waals surface area contributed by atoms with Crippen LogP contribution in [0.15, 0.2) is 42.5 Å². The van der Waals surface area contributed by atoms with E-state index in [2.05, 4.69) is 10.2 Å². The Morgan fingerprint density at radius 2 is 1.86 bits per heavy atom. The maximum atomic E-state index is 13.5. The molecule has 0 radical (unpaired) electrons. The summed E-state index contributed by atoms with van der Waals surface area (Å²) in [4.78, 5) is 32.0. The third-order valence-electron chi connectivity index (χ3n) is 8.18. The molecule has 2 aromatic rings. The molecule has 9 nitrogen and oxygen atoms in total. The third kappa shape index (κ3) is 9.40. The van der Waals surface area contributed by atoms with Crippen molar-refractivity contribution in [3.05, 3.63) is 59.2 Å². The smallest absolute Gasteiger partial charge is 0.416 e. The zero-order valence-electron chi connectivity index (χ0n) is 25.6. The lowest BCUT2D eigenvalue weighted by Gasteiger charge is -2.34. The quantitative estimate of drug-likeness (QED) is 0.419. The van der Waals surface area contributed by atoms with Crippen LogP contribution in [0.5, 0.6) is 5.75 Å². The number of anilines is 1. The fraction of sp³-hybridized carbons (Fsp3) is 0.562. The lowest BCUT2D eigenvalue weighted by Crippen LogP contribution is -2.47. The number of hydrogen-bond acceptors (Lipinski definition) is 7. The van der Waals surface area contributed by atoms with Crippen molar-refractivity contribution in [2.45, 2.75) is 51.6 Å². The first kappa shape index (κ1) is 33.7. The van der Waals surface area contributed by atoms with Gasteiger partial charge in [-0.3, -0.25) is 19.4 Å². The normalized spacial score (nSPS) is 20.7. The Morgan fingerprint density at radius 1 is 1.16 bits per heavy atom. The fourth-order valence-corrected chi connectivity index (χ4v) is 5.52. The van der Waals surface area contributed by atoms with Crippen LogP contribution in [0.25, 0.3) is 0 Å². The van der Waals surface area contributed by atoms with Crippen LogP contribution >= 0.6 is 0 Å².